The zero-order chi connectivity index (χ0) is 20.3. The van der Waals surface area contributed by atoms with Crippen LogP contribution in [0.2, 0.25) is 0 Å². The lowest BCUT2D eigenvalue weighted by atomic mass is 9.91. The molecule has 1 aromatic heterocycles. The van der Waals surface area contributed by atoms with Crippen LogP contribution in [0.15, 0.2) is 30.3 Å². The normalized spacial score (nSPS) is 16.3. The van der Waals surface area contributed by atoms with E-state index < -0.39 is 12.2 Å². The van der Waals surface area contributed by atoms with Gasteiger partial charge in [0.1, 0.15) is 12.1 Å². The first kappa shape index (κ1) is 20.4. The summed E-state index contributed by atoms with van der Waals surface area (Å²) < 4.78 is 13.4. The Bertz CT molecular complexity index is 872. The lowest BCUT2D eigenvalue weighted by Gasteiger charge is -2.18. The predicted octanol–water partition coefficient (Wildman–Crippen LogP) is 4.10. The van der Waals surface area contributed by atoms with Crippen molar-refractivity contribution in [1.29, 1.82) is 0 Å². The maximum absolute atomic E-state index is 13.4. The Kier molecular flexibility index (Phi) is 6.37. The Morgan fingerprint density at radius 1 is 1.21 bits per heavy atom. The van der Waals surface area contributed by atoms with E-state index in [1.165, 1.54) is 12.1 Å². The first-order valence-electron chi connectivity index (χ1n) is 9.65. The van der Waals surface area contributed by atoms with Crippen molar-refractivity contribution in [3.05, 3.63) is 58.7 Å². The van der Waals surface area contributed by atoms with E-state index in [1.807, 2.05) is 19.9 Å². The second-order valence-corrected chi connectivity index (χ2v) is 7.50. The van der Waals surface area contributed by atoms with Gasteiger partial charge >= 0.3 is 0 Å². The Labute approximate surface area is 164 Å². The molecule has 1 saturated carbocycles. The summed E-state index contributed by atoms with van der Waals surface area (Å²) in [5.74, 6) is 0.113. The molecule has 2 aromatic rings. The molecule has 0 aliphatic heterocycles. The van der Waals surface area contributed by atoms with Gasteiger partial charge in [-0.2, -0.15) is 0 Å². The highest BCUT2D eigenvalue weighted by Crippen LogP contribution is 2.44. The summed E-state index contributed by atoms with van der Waals surface area (Å²) in [6, 6.07) is 6.41. The van der Waals surface area contributed by atoms with Crippen molar-refractivity contribution >= 4 is 12.4 Å². The van der Waals surface area contributed by atoms with E-state index in [0.717, 1.165) is 46.5 Å². The lowest BCUT2D eigenvalue weighted by Crippen LogP contribution is -2.16. The fourth-order valence-electron chi connectivity index (χ4n) is 3.43. The quantitative estimate of drug-likeness (QED) is 0.674. The number of rotatable bonds is 8. The van der Waals surface area contributed by atoms with Gasteiger partial charge < -0.3 is 15.0 Å². The van der Waals surface area contributed by atoms with E-state index in [1.54, 1.807) is 18.2 Å². The van der Waals surface area contributed by atoms with Gasteiger partial charge in [-0.05, 0) is 55.5 Å². The summed E-state index contributed by atoms with van der Waals surface area (Å²) in [7, 11) is 0. The minimum atomic E-state index is -0.871. The summed E-state index contributed by atoms with van der Waals surface area (Å²) in [6.45, 7) is 3.98. The maximum Gasteiger partial charge on any atom is 0.123 e. The molecule has 0 bridgehead atoms. The van der Waals surface area contributed by atoms with Gasteiger partial charge in [0.2, 0.25) is 0 Å². The van der Waals surface area contributed by atoms with Crippen LogP contribution < -0.4 is 0 Å². The molecule has 148 valence electrons. The Hall–Kier alpha value is -2.37. The SMILES string of the molecule is Cc1nc(C2CC2)c(/C=C/[C@@H](O)C[C@@H](O)CC=O)c(-c2ccc(F)cc2)c1C. The highest BCUT2D eigenvalue weighted by atomic mass is 19.1. The van der Waals surface area contributed by atoms with Crippen LogP contribution in [-0.4, -0.2) is 33.7 Å². The van der Waals surface area contributed by atoms with Crippen molar-refractivity contribution in [2.24, 2.45) is 0 Å². The Morgan fingerprint density at radius 3 is 2.50 bits per heavy atom. The third-order valence-corrected chi connectivity index (χ3v) is 5.22. The molecular weight excluding hydrogens is 357 g/mol. The number of hydrogen-bond acceptors (Lipinski definition) is 4. The number of aliphatic hydroxyl groups is 2. The molecule has 3 rings (SSSR count). The second kappa shape index (κ2) is 8.76. The summed E-state index contributed by atoms with van der Waals surface area (Å²) in [6.07, 6.45) is 4.66. The van der Waals surface area contributed by atoms with Crippen molar-refractivity contribution in [3.8, 4) is 11.1 Å². The van der Waals surface area contributed by atoms with E-state index in [0.29, 0.717) is 12.2 Å². The largest absolute Gasteiger partial charge is 0.393 e. The molecule has 4 nitrogen and oxygen atoms in total. The molecule has 0 unspecified atom stereocenters. The number of carbonyl (C=O) groups excluding carboxylic acids is 1. The van der Waals surface area contributed by atoms with Crippen molar-refractivity contribution in [3.63, 3.8) is 0 Å². The van der Waals surface area contributed by atoms with Crippen LogP contribution in [0.4, 0.5) is 4.39 Å². The zero-order valence-corrected chi connectivity index (χ0v) is 16.2. The number of benzene rings is 1. The molecule has 5 heteroatoms. The summed E-state index contributed by atoms with van der Waals surface area (Å²) in [5.41, 5.74) is 5.79. The molecule has 1 aliphatic carbocycles. The van der Waals surface area contributed by atoms with Crippen molar-refractivity contribution in [2.75, 3.05) is 0 Å². The molecule has 1 aromatic carbocycles. The molecule has 2 atom stereocenters. The molecule has 0 amide bonds. The first-order valence-corrected chi connectivity index (χ1v) is 9.65. The highest BCUT2D eigenvalue weighted by Gasteiger charge is 2.29. The number of aldehydes is 1. The minimum Gasteiger partial charge on any atom is -0.393 e. The van der Waals surface area contributed by atoms with Crippen LogP contribution in [0.25, 0.3) is 17.2 Å². The average Bonchev–Trinajstić information content (AvgIpc) is 3.48. The van der Waals surface area contributed by atoms with Crippen LogP contribution in [0.3, 0.4) is 0 Å². The van der Waals surface area contributed by atoms with Crippen LogP contribution >= 0.6 is 0 Å². The minimum absolute atomic E-state index is 0.00422. The average molecular weight is 383 g/mol. The number of nitrogens with zero attached hydrogens (tertiary/aromatic N) is 1. The summed E-state index contributed by atoms with van der Waals surface area (Å²) in [5, 5.41) is 20.0. The van der Waals surface area contributed by atoms with Gasteiger partial charge in [-0.15, -0.1) is 0 Å². The number of halogens is 1. The van der Waals surface area contributed by atoms with Crippen molar-refractivity contribution in [2.45, 2.75) is 57.7 Å². The smallest absolute Gasteiger partial charge is 0.123 e. The fraction of sp³-hybridized carbons (Fsp3) is 0.391. The third-order valence-electron chi connectivity index (χ3n) is 5.22. The van der Waals surface area contributed by atoms with Crippen LogP contribution in [-0.2, 0) is 4.79 Å². The third kappa shape index (κ3) is 4.72. The van der Waals surface area contributed by atoms with E-state index in [9.17, 15) is 19.4 Å². The van der Waals surface area contributed by atoms with Gasteiger partial charge in [0, 0.05) is 30.0 Å². The number of aromatic nitrogens is 1. The topological polar surface area (TPSA) is 70.4 Å². The fourth-order valence-corrected chi connectivity index (χ4v) is 3.43. The molecule has 0 saturated heterocycles. The molecule has 1 aliphatic rings. The van der Waals surface area contributed by atoms with Gasteiger partial charge in [-0.1, -0.05) is 24.3 Å². The van der Waals surface area contributed by atoms with Crippen molar-refractivity contribution < 1.29 is 19.4 Å². The molecule has 1 heterocycles. The van der Waals surface area contributed by atoms with Gasteiger partial charge in [0.15, 0.2) is 0 Å². The Morgan fingerprint density at radius 2 is 1.89 bits per heavy atom. The van der Waals surface area contributed by atoms with Gasteiger partial charge in [-0.3, -0.25) is 4.98 Å². The lowest BCUT2D eigenvalue weighted by molar-refractivity contribution is -0.109. The standard InChI is InChI=1S/C23H26FNO3/c1-14-15(2)25-23(17-3-4-17)21(10-9-19(27)13-20(28)11-12-26)22(14)16-5-7-18(24)8-6-16/h5-10,12,17,19-20,27-28H,3-4,11,13H2,1-2H3/b10-9+/t19-,20+/m1/s1. The summed E-state index contributed by atoms with van der Waals surface area (Å²) >= 11 is 0. The number of aryl methyl sites for hydroxylation is 1. The molecule has 0 spiro atoms. The number of carbonyl (C=O) groups is 1. The zero-order valence-electron chi connectivity index (χ0n) is 16.2. The van der Waals surface area contributed by atoms with Gasteiger partial charge in [-0.25, -0.2) is 4.39 Å². The maximum atomic E-state index is 13.4. The highest BCUT2D eigenvalue weighted by molar-refractivity contribution is 5.80. The molecule has 0 radical (unpaired) electrons. The van der Waals surface area contributed by atoms with E-state index in [4.69, 9.17) is 4.98 Å². The number of hydrogen-bond donors (Lipinski definition) is 2. The van der Waals surface area contributed by atoms with Crippen molar-refractivity contribution in [1.82, 2.24) is 4.98 Å². The van der Waals surface area contributed by atoms with Crippen LogP contribution in [0.5, 0.6) is 0 Å². The summed E-state index contributed by atoms with van der Waals surface area (Å²) in [4.78, 5) is 15.3. The molecule has 2 N–H and O–H groups in total. The van der Waals surface area contributed by atoms with E-state index >= 15 is 0 Å². The molecular formula is C23H26FNO3. The van der Waals surface area contributed by atoms with E-state index in [-0.39, 0.29) is 18.7 Å². The van der Waals surface area contributed by atoms with Gasteiger partial charge in [0.05, 0.1) is 17.9 Å². The van der Waals surface area contributed by atoms with Gasteiger partial charge in [0.25, 0.3) is 0 Å². The van der Waals surface area contributed by atoms with Crippen LogP contribution in [0, 0.1) is 19.7 Å². The van der Waals surface area contributed by atoms with E-state index in [2.05, 4.69) is 0 Å². The Balaban J connectivity index is 2.02. The second-order valence-electron chi connectivity index (χ2n) is 7.50. The molecule has 28 heavy (non-hydrogen) atoms. The molecule has 1 fully saturated rings. The number of pyridine rings is 1. The monoisotopic (exact) mass is 383 g/mol. The van der Waals surface area contributed by atoms with Crippen LogP contribution in [0.1, 0.15) is 54.1 Å². The number of aliphatic hydroxyl groups excluding tert-OH is 2. The predicted molar refractivity (Wildman–Crippen MR) is 107 cm³/mol. The first-order chi connectivity index (χ1) is 13.4.